The van der Waals surface area contributed by atoms with Crippen molar-refractivity contribution in [2.45, 2.75) is 5.03 Å². The Balaban J connectivity index is 1.89. The maximum atomic E-state index is 14.4. The zero-order chi connectivity index (χ0) is 22.1. The lowest BCUT2D eigenvalue weighted by atomic mass is 10.2. The molecule has 0 saturated carbocycles. The second kappa shape index (κ2) is 8.27. The van der Waals surface area contributed by atoms with E-state index >= 15 is 0 Å². The fourth-order valence-corrected chi connectivity index (χ4v) is 4.05. The van der Waals surface area contributed by atoms with Crippen LogP contribution in [-0.4, -0.2) is 30.6 Å². The summed E-state index contributed by atoms with van der Waals surface area (Å²) in [4.78, 5) is 46.5. The molecular weight excluding hydrogens is 419 g/mol. The van der Waals surface area contributed by atoms with E-state index in [1.54, 1.807) is 36.4 Å². The van der Waals surface area contributed by atoms with E-state index in [9.17, 15) is 18.8 Å². The van der Waals surface area contributed by atoms with Gasteiger partial charge >= 0.3 is 5.69 Å². The molecule has 0 amide bonds. The highest BCUT2D eigenvalue weighted by atomic mass is 32.2. The number of Topliss-reactive ketones (excluding diaryl/α,β-unsaturated/α-hetero) is 1. The average Bonchev–Trinajstić information content (AvgIpc) is 2.80. The first-order chi connectivity index (χ1) is 14.9. The number of fused-ring (bicyclic) bond motifs is 1. The summed E-state index contributed by atoms with van der Waals surface area (Å²) in [5.41, 5.74) is -0.396. The molecule has 0 atom stereocenters. The summed E-state index contributed by atoms with van der Waals surface area (Å²) in [7, 11) is 2.84. The molecule has 0 saturated heterocycles. The van der Waals surface area contributed by atoms with Crippen LogP contribution in [0.3, 0.4) is 0 Å². The first kappa shape index (κ1) is 20.7. The molecule has 4 rings (SSSR count). The van der Waals surface area contributed by atoms with Gasteiger partial charge in [-0.3, -0.25) is 18.7 Å². The highest BCUT2D eigenvalue weighted by Crippen LogP contribution is 2.27. The summed E-state index contributed by atoms with van der Waals surface area (Å²) in [5.74, 6) is -0.638. The van der Waals surface area contributed by atoms with Crippen molar-refractivity contribution in [3.63, 3.8) is 0 Å². The van der Waals surface area contributed by atoms with E-state index in [1.165, 1.54) is 30.8 Å². The number of halogens is 1. The number of aromatic nitrogens is 4. The molecule has 0 N–H and O–H groups in total. The number of carbonyl (C=O) groups is 1. The third-order valence-corrected chi connectivity index (χ3v) is 5.79. The van der Waals surface area contributed by atoms with Gasteiger partial charge in [0, 0.05) is 19.7 Å². The van der Waals surface area contributed by atoms with Crippen LogP contribution in [0.25, 0.3) is 22.4 Å². The largest absolute Gasteiger partial charge is 0.332 e. The van der Waals surface area contributed by atoms with Gasteiger partial charge in [-0.2, -0.15) is 0 Å². The van der Waals surface area contributed by atoms with Crippen molar-refractivity contribution in [1.82, 2.24) is 19.1 Å². The summed E-state index contributed by atoms with van der Waals surface area (Å²) in [6, 6.07) is 14.7. The number of rotatable bonds is 5. The van der Waals surface area contributed by atoms with Crippen LogP contribution in [0, 0.1) is 5.82 Å². The third kappa shape index (κ3) is 3.79. The van der Waals surface area contributed by atoms with E-state index in [-0.39, 0.29) is 39.0 Å². The van der Waals surface area contributed by atoms with Gasteiger partial charge in [0.2, 0.25) is 0 Å². The van der Waals surface area contributed by atoms with E-state index in [2.05, 4.69) is 9.97 Å². The molecule has 0 bridgehead atoms. The Labute approximate surface area is 180 Å². The Kier molecular flexibility index (Phi) is 5.51. The van der Waals surface area contributed by atoms with Crippen LogP contribution in [-0.2, 0) is 14.1 Å². The van der Waals surface area contributed by atoms with Gasteiger partial charge in [-0.1, -0.05) is 54.2 Å². The van der Waals surface area contributed by atoms with E-state index in [0.717, 1.165) is 16.3 Å². The molecule has 2 aromatic carbocycles. The Bertz CT molecular complexity index is 1430. The van der Waals surface area contributed by atoms with Gasteiger partial charge in [-0.25, -0.2) is 19.2 Å². The molecule has 31 heavy (non-hydrogen) atoms. The zero-order valence-corrected chi connectivity index (χ0v) is 17.5. The third-order valence-electron chi connectivity index (χ3n) is 4.82. The van der Waals surface area contributed by atoms with Gasteiger partial charge in [-0.05, 0) is 12.1 Å². The summed E-state index contributed by atoms with van der Waals surface area (Å²) in [5, 5.41) is 0.319. The first-order valence-electron chi connectivity index (χ1n) is 9.32. The number of ketones is 1. The lowest BCUT2D eigenvalue weighted by molar-refractivity contribution is 0.102. The summed E-state index contributed by atoms with van der Waals surface area (Å²) in [6.45, 7) is 0. The van der Waals surface area contributed by atoms with Crippen LogP contribution >= 0.6 is 11.8 Å². The molecule has 0 radical (unpaired) electrons. The van der Waals surface area contributed by atoms with Crippen LogP contribution in [0.15, 0.2) is 69.2 Å². The lowest BCUT2D eigenvalue weighted by Crippen LogP contribution is -2.37. The number of hydrogen-bond acceptors (Lipinski definition) is 6. The Morgan fingerprint density at radius 1 is 0.968 bits per heavy atom. The minimum absolute atomic E-state index is 0.0127. The molecule has 9 heteroatoms. The fraction of sp³-hybridized carbons (Fsp3) is 0.136. The maximum Gasteiger partial charge on any atom is 0.332 e. The standard InChI is InChI=1S/C22H17FN4O3S/c1-26-19-17(21(29)27(2)22(26)30)20(31-12-16(28)13-8-4-3-5-9-13)25-18(24-19)14-10-6-7-11-15(14)23/h3-11H,12H2,1-2H3. The molecule has 4 aromatic rings. The van der Waals surface area contributed by atoms with Gasteiger partial charge in [0.05, 0.1) is 11.3 Å². The van der Waals surface area contributed by atoms with Crippen molar-refractivity contribution in [2.75, 3.05) is 5.75 Å². The summed E-state index contributed by atoms with van der Waals surface area (Å²) < 4.78 is 16.6. The maximum absolute atomic E-state index is 14.4. The van der Waals surface area contributed by atoms with Gasteiger partial charge in [0.25, 0.3) is 5.56 Å². The van der Waals surface area contributed by atoms with E-state index < -0.39 is 17.1 Å². The van der Waals surface area contributed by atoms with Gasteiger partial charge in [0.1, 0.15) is 16.2 Å². The Morgan fingerprint density at radius 2 is 1.65 bits per heavy atom. The molecule has 0 aliphatic heterocycles. The van der Waals surface area contributed by atoms with E-state index in [4.69, 9.17) is 0 Å². The number of thioether (sulfide) groups is 1. The molecule has 2 heterocycles. The molecular formula is C22H17FN4O3S. The quantitative estimate of drug-likeness (QED) is 0.272. The number of benzene rings is 2. The van der Waals surface area contributed by atoms with Crippen molar-refractivity contribution in [3.05, 3.63) is 86.8 Å². The average molecular weight is 436 g/mol. The fourth-order valence-electron chi connectivity index (χ4n) is 3.14. The minimum atomic E-state index is -0.576. The van der Waals surface area contributed by atoms with Gasteiger partial charge < -0.3 is 0 Å². The zero-order valence-electron chi connectivity index (χ0n) is 16.7. The summed E-state index contributed by atoms with van der Waals surface area (Å²) >= 11 is 1.05. The second-order valence-electron chi connectivity index (χ2n) is 6.81. The highest BCUT2D eigenvalue weighted by molar-refractivity contribution is 8.00. The van der Waals surface area contributed by atoms with E-state index in [0.29, 0.717) is 5.56 Å². The number of hydrogen-bond donors (Lipinski definition) is 0. The van der Waals surface area contributed by atoms with Crippen molar-refractivity contribution < 1.29 is 9.18 Å². The molecule has 0 aliphatic carbocycles. The smallest absolute Gasteiger partial charge is 0.293 e. The SMILES string of the molecule is Cn1c(=O)c2c(SCC(=O)c3ccccc3)nc(-c3ccccc3F)nc2n(C)c1=O. The van der Waals surface area contributed by atoms with Crippen molar-refractivity contribution in [2.24, 2.45) is 14.1 Å². The number of aryl methyl sites for hydroxylation is 1. The molecule has 0 unspecified atom stereocenters. The normalized spacial score (nSPS) is 11.1. The molecule has 0 spiro atoms. The van der Waals surface area contributed by atoms with Crippen molar-refractivity contribution in [1.29, 1.82) is 0 Å². The van der Waals surface area contributed by atoms with E-state index in [1.807, 2.05) is 6.07 Å². The number of nitrogens with zero attached hydrogens (tertiary/aromatic N) is 4. The van der Waals surface area contributed by atoms with Crippen LogP contribution in [0.1, 0.15) is 10.4 Å². The molecule has 2 aromatic heterocycles. The Hall–Kier alpha value is -3.59. The van der Waals surface area contributed by atoms with Crippen molar-refractivity contribution >= 4 is 28.6 Å². The summed E-state index contributed by atoms with van der Waals surface area (Å²) in [6.07, 6.45) is 0. The van der Waals surface area contributed by atoms with Crippen LogP contribution < -0.4 is 11.2 Å². The lowest BCUT2D eigenvalue weighted by Gasteiger charge is -2.12. The first-order valence-corrected chi connectivity index (χ1v) is 10.3. The molecule has 7 nitrogen and oxygen atoms in total. The number of carbonyl (C=O) groups excluding carboxylic acids is 1. The van der Waals surface area contributed by atoms with Gasteiger partial charge in [-0.15, -0.1) is 0 Å². The van der Waals surface area contributed by atoms with Crippen LogP contribution in [0.5, 0.6) is 0 Å². The predicted molar refractivity (Wildman–Crippen MR) is 117 cm³/mol. The predicted octanol–water partition coefficient (Wildman–Crippen LogP) is 2.81. The molecule has 0 fully saturated rings. The van der Waals surface area contributed by atoms with Gasteiger partial charge in [0.15, 0.2) is 17.3 Å². The van der Waals surface area contributed by atoms with Crippen molar-refractivity contribution in [3.8, 4) is 11.4 Å². The Morgan fingerprint density at radius 3 is 2.35 bits per heavy atom. The molecule has 156 valence electrons. The second-order valence-corrected chi connectivity index (χ2v) is 7.78. The van der Waals surface area contributed by atoms with Crippen LogP contribution in [0.2, 0.25) is 0 Å². The monoisotopic (exact) mass is 436 g/mol. The topological polar surface area (TPSA) is 86.8 Å². The molecule has 0 aliphatic rings. The minimum Gasteiger partial charge on any atom is -0.293 e. The highest BCUT2D eigenvalue weighted by Gasteiger charge is 2.20. The van der Waals surface area contributed by atoms with Crippen LogP contribution in [0.4, 0.5) is 4.39 Å².